The van der Waals surface area contributed by atoms with Gasteiger partial charge in [0.1, 0.15) is 4.32 Å². The summed E-state index contributed by atoms with van der Waals surface area (Å²) in [6.45, 7) is 2.38. The number of carbonyl (C=O) groups is 2. The number of hydrogen-bond acceptors (Lipinski definition) is 5. The van der Waals surface area contributed by atoms with E-state index in [2.05, 4.69) is 0 Å². The molecule has 1 aromatic carbocycles. The molecule has 1 saturated heterocycles. The fourth-order valence-corrected chi connectivity index (χ4v) is 3.06. The van der Waals surface area contributed by atoms with Crippen molar-refractivity contribution in [2.45, 2.75) is 6.92 Å². The molecular weight excluding hydrogens is 282 g/mol. The Kier molecular flexibility index (Phi) is 4.01. The number of carbonyl (C=O) groups excluding carboxylic acids is 2. The normalized spacial score (nSPS) is 17.3. The van der Waals surface area contributed by atoms with Gasteiger partial charge >= 0.3 is 0 Å². The number of benzene rings is 1. The van der Waals surface area contributed by atoms with Gasteiger partial charge in [0.05, 0.1) is 10.9 Å². The zero-order valence-corrected chi connectivity index (χ0v) is 11.7. The largest absolute Gasteiger partial charge is 0.545 e. The van der Waals surface area contributed by atoms with Crippen LogP contribution in [0.4, 0.5) is 0 Å². The summed E-state index contributed by atoms with van der Waals surface area (Å²) >= 11 is 6.32. The third-order valence-electron chi connectivity index (χ3n) is 2.61. The van der Waals surface area contributed by atoms with Crippen LogP contribution in [0.1, 0.15) is 22.8 Å². The van der Waals surface area contributed by atoms with E-state index in [9.17, 15) is 14.7 Å². The first-order valence-corrected chi connectivity index (χ1v) is 6.82. The van der Waals surface area contributed by atoms with Crippen LogP contribution >= 0.6 is 24.0 Å². The summed E-state index contributed by atoms with van der Waals surface area (Å²) in [5.41, 5.74) is 0.720. The van der Waals surface area contributed by atoms with Crippen molar-refractivity contribution in [3.8, 4) is 0 Å². The summed E-state index contributed by atoms with van der Waals surface area (Å²) in [5, 5.41) is 10.8. The molecule has 1 aromatic rings. The van der Waals surface area contributed by atoms with Gasteiger partial charge in [-0.3, -0.25) is 9.69 Å². The predicted octanol–water partition coefficient (Wildman–Crippen LogP) is 1.27. The summed E-state index contributed by atoms with van der Waals surface area (Å²) in [7, 11) is 0. The first kappa shape index (κ1) is 13.8. The van der Waals surface area contributed by atoms with Crippen LogP contribution in [0.25, 0.3) is 6.08 Å². The Bertz CT molecular complexity index is 595. The molecule has 0 bridgehead atoms. The Morgan fingerprint density at radius 2 is 2.26 bits per heavy atom. The average Bonchev–Trinajstić information content (AvgIpc) is 2.64. The SMILES string of the molecule is CCN1C(=O)/C(=C\c2cccc(C(=O)[O-])c2)SC1=S. The highest BCUT2D eigenvalue weighted by Gasteiger charge is 2.30. The van der Waals surface area contributed by atoms with Gasteiger partial charge in [0.25, 0.3) is 5.91 Å². The van der Waals surface area contributed by atoms with E-state index in [1.807, 2.05) is 6.92 Å². The molecule has 1 amide bonds. The highest BCUT2D eigenvalue weighted by Crippen LogP contribution is 2.32. The molecule has 6 heteroatoms. The number of aromatic carboxylic acids is 1. The Labute approximate surface area is 120 Å². The molecule has 0 radical (unpaired) electrons. The number of amides is 1. The Morgan fingerprint density at radius 3 is 2.84 bits per heavy atom. The predicted molar refractivity (Wildman–Crippen MR) is 76.3 cm³/mol. The van der Waals surface area contributed by atoms with Crippen LogP contribution in [0.15, 0.2) is 29.2 Å². The average molecular weight is 292 g/mol. The number of thiocarbonyl (C=S) groups is 1. The number of carboxylic acids is 1. The van der Waals surface area contributed by atoms with Crippen molar-refractivity contribution in [2.24, 2.45) is 0 Å². The lowest BCUT2D eigenvalue weighted by Crippen LogP contribution is -2.27. The monoisotopic (exact) mass is 292 g/mol. The van der Waals surface area contributed by atoms with Gasteiger partial charge in [-0.15, -0.1) is 0 Å². The van der Waals surface area contributed by atoms with Crippen molar-refractivity contribution in [3.63, 3.8) is 0 Å². The minimum Gasteiger partial charge on any atom is -0.545 e. The van der Waals surface area contributed by atoms with E-state index in [1.165, 1.54) is 28.8 Å². The molecule has 4 nitrogen and oxygen atoms in total. The Morgan fingerprint density at radius 1 is 1.53 bits per heavy atom. The first-order valence-electron chi connectivity index (χ1n) is 5.59. The molecule has 1 aliphatic rings. The second kappa shape index (κ2) is 5.54. The second-order valence-electron chi connectivity index (χ2n) is 3.84. The summed E-state index contributed by atoms with van der Waals surface area (Å²) in [5.74, 6) is -1.38. The van der Waals surface area contributed by atoms with Crippen LogP contribution < -0.4 is 5.11 Å². The zero-order chi connectivity index (χ0) is 14.0. The number of thioether (sulfide) groups is 1. The molecular formula is C13H10NO3S2-. The van der Waals surface area contributed by atoms with Crippen molar-refractivity contribution in [2.75, 3.05) is 6.54 Å². The molecule has 0 aliphatic carbocycles. The van der Waals surface area contributed by atoms with Crippen LogP contribution in [-0.2, 0) is 4.79 Å². The van der Waals surface area contributed by atoms with Crippen LogP contribution in [0, 0.1) is 0 Å². The highest BCUT2D eigenvalue weighted by molar-refractivity contribution is 8.26. The molecule has 19 heavy (non-hydrogen) atoms. The van der Waals surface area contributed by atoms with Gasteiger partial charge in [-0.2, -0.15) is 0 Å². The van der Waals surface area contributed by atoms with Crippen LogP contribution in [0.5, 0.6) is 0 Å². The maximum atomic E-state index is 12.0. The lowest BCUT2D eigenvalue weighted by Gasteiger charge is -2.09. The number of hydrogen-bond donors (Lipinski definition) is 0. The quantitative estimate of drug-likeness (QED) is 0.620. The van der Waals surface area contributed by atoms with Crippen molar-refractivity contribution in [1.29, 1.82) is 0 Å². The maximum Gasteiger partial charge on any atom is 0.266 e. The molecule has 2 rings (SSSR count). The molecule has 0 unspecified atom stereocenters. The highest BCUT2D eigenvalue weighted by atomic mass is 32.2. The number of rotatable bonds is 3. The number of nitrogens with zero attached hydrogens (tertiary/aromatic N) is 1. The minimum atomic E-state index is -1.24. The lowest BCUT2D eigenvalue weighted by atomic mass is 10.1. The Balaban J connectivity index is 2.32. The van der Waals surface area contributed by atoms with Crippen LogP contribution in [0.2, 0.25) is 0 Å². The van der Waals surface area contributed by atoms with Gasteiger partial charge in [-0.25, -0.2) is 0 Å². The van der Waals surface area contributed by atoms with Gasteiger partial charge in [0, 0.05) is 6.54 Å². The second-order valence-corrected chi connectivity index (χ2v) is 5.51. The molecule has 1 fully saturated rings. The van der Waals surface area contributed by atoms with Crippen LogP contribution in [-0.4, -0.2) is 27.6 Å². The standard InChI is InChI=1S/C13H11NO3S2/c1-2-14-11(15)10(19-13(14)18)7-8-4-3-5-9(6-8)12(16)17/h3-7H,2H2,1H3,(H,16,17)/p-1/b10-7+. The summed E-state index contributed by atoms with van der Waals surface area (Å²) in [6, 6.07) is 6.25. The minimum absolute atomic E-state index is 0.0831. The molecule has 0 saturated carbocycles. The van der Waals surface area contributed by atoms with E-state index in [0.717, 1.165) is 0 Å². The van der Waals surface area contributed by atoms with Crippen LogP contribution in [0.3, 0.4) is 0 Å². The summed E-state index contributed by atoms with van der Waals surface area (Å²) in [6.07, 6.45) is 1.64. The van der Waals surface area contributed by atoms with Crippen molar-refractivity contribution in [1.82, 2.24) is 4.90 Å². The van der Waals surface area contributed by atoms with Crippen molar-refractivity contribution < 1.29 is 14.7 Å². The zero-order valence-electron chi connectivity index (χ0n) is 10.1. The molecule has 1 aliphatic heterocycles. The third-order valence-corrected chi connectivity index (χ3v) is 3.99. The number of likely N-dealkylation sites (N-methyl/N-ethyl adjacent to an activating group) is 1. The third kappa shape index (κ3) is 2.85. The van der Waals surface area contributed by atoms with E-state index < -0.39 is 5.97 Å². The maximum absolute atomic E-state index is 12.0. The smallest absolute Gasteiger partial charge is 0.266 e. The first-order chi connectivity index (χ1) is 9.02. The van der Waals surface area contributed by atoms with Gasteiger partial charge in [0.2, 0.25) is 0 Å². The summed E-state index contributed by atoms with van der Waals surface area (Å²) < 4.78 is 0.523. The van der Waals surface area contributed by atoms with E-state index in [0.29, 0.717) is 21.3 Å². The molecule has 0 N–H and O–H groups in total. The molecule has 0 spiro atoms. The Hall–Kier alpha value is -1.66. The molecule has 1 heterocycles. The lowest BCUT2D eigenvalue weighted by molar-refractivity contribution is -0.255. The van der Waals surface area contributed by atoms with Gasteiger partial charge < -0.3 is 9.90 Å². The molecule has 0 atom stereocenters. The fraction of sp³-hybridized carbons (Fsp3) is 0.154. The fourth-order valence-electron chi connectivity index (χ4n) is 1.68. The van der Waals surface area contributed by atoms with E-state index in [1.54, 1.807) is 18.2 Å². The number of carboxylic acid groups (broad SMARTS) is 1. The van der Waals surface area contributed by atoms with Gasteiger partial charge in [-0.1, -0.05) is 42.2 Å². The summed E-state index contributed by atoms with van der Waals surface area (Å²) in [4.78, 5) is 24.8. The van der Waals surface area contributed by atoms with E-state index in [4.69, 9.17) is 12.2 Å². The van der Waals surface area contributed by atoms with Crippen molar-refractivity contribution >= 4 is 46.3 Å². The topological polar surface area (TPSA) is 60.4 Å². The van der Waals surface area contributed by atoms with Gasteiger partial charge in [0.15, 0.2) is 0 Å². The molecule has 98 valence electrons. The van der Waals surface area contributed by atoms with E-state index >= 15 is 0 Å². The van der Waals surface area contributed by atoms with Gasteiger partial charge in [-0.05, 0) is 30.2 Å². The van der Waals surface area contributed by atoms with Crippen molar-refractivity contribution in [3.05, 3.63) is 40.3 Å². The van der Waals surface area contributed by atoms with E-state index in [-0.39, 0.29) is 11.5 Å². The molecule has 0 aromatic heterocycles.